The largest absolute Gasteiger partial charge is 0.497 e. The van der Waals surface area contributed by atoms with Crippen molar-refractivity contribution in [2.24, 2.45) is 5.92 Å². The first-order chi connectivity index (χ1) is 15.4. The third kappa shape index (κ3) is 3.98. The van der Waals surface area contributed by atoms with Crippen LogP contribution in [0.1, 0.15) is 56.0 Å². The molecule has 166 valence electrons. The molecular formula is C25H29N5O2. The van der Waals surface area contributed by atoms with E-state index in [1.807, 2.05) is 42.5 Å². The van der Waals surface area contributed by atoms with Gasteiger partial charge in [-0.3, -0.25) is 9.89 Å². The Labute approximate surface area is 187 Å². The first-order valence-corrected chi connectivity index (χ1v) is 10.9. The number of carbonyl (C=O) groups is 1. The van der Waals surface area contributed by atoms with Gasteiger partial charge < -0.3 is 14.6 Å². The van der Waals surface area contributed by atoms with Crippen molar-refractivity contribution in [3.63, 3.8) is 0 Å². The molecule has 0 aliphatic carbocycles. The predicted molar refractivity (Wildman–Crippen MR) is 126 cm³/mol. The van der Waals surface area contributed by atoms with E-state index in [-0.39, 0.29) is 23.9 Å². The number of aromatic nitrogens is 4. The molecule has 4 aromatic rings. The summed E-state index contributed by atoms with van der Waals surface area (Å²) in [5.41, 5.74) is 4.03. The van der Waals surface area contributed by atoms with E-state index in [9.17, 15) is 4.79 Å². The van der Waals surface area contributed by atoms with E-state index < -0.39 is 0 Å². The number of H-pyrrole nitrogens is 1. The highest BCUT2D eigenvalue weighted by atomic mass is 16.5. The topological polar surface area (TPSA) is 84.8 Å². The maximum Gasteiger partial charge on any atom is 0.255 e. The third-order valence-corrected chi connectivity index (χ3v) is 5.63. The van der Waals surface area contributed by atoms with Gasteiger partial charge in [0.1, 0.15) is 11.6 Å². The first kappa shape index (κ1) is 21.6. The van der Waals surface area contributed by atoms with E-state index >= 15 is 0 Å². The summed E-state index contributed by atoms with van der Waals surface area (Å²) in [6, 6.07) is 15.6. The Morgan fingerprint density at radius 1 is 1.06 bits per heavy atom. The lowest BCUT2D eigenvalue weighted by molar-refractivity contribution is 0.0922. The Hall–Kier alpha value is -3.61. The van der Waals surface area contributed by atoms with Gasteiger partial charge in [-0.1, -0.05) is 26.0 Å². The molecule has 2 N–H and O–H groups in total. The fraction of sp³-hybridized carbons (Fsp3) is 0.320. The third-order valence-electron chi connectivity index (χ3n) is 5.63. The van der Waals surface area contributed by atoms with E-state index in [1.165, 1.54) is 0 Å². The van der Waals surface area contributed by atoms with Crippen molar-refractivity contribution in [2.45, 2.75) is 39.8 Å². The quantitative estimate of drug-likeness (QED) is 0.424. The summed E-state index contributed by atoms with van der Waals surface area (Å²) >= 11 is 0. The van der Waals surface area contributed by atoms with Crippen LogP contribution < -0.4 is 10.1 Å². The Balaban J connectivity index is 1.69. The van der Waals surface area contributed by atoms with Gasteiger partial charge in [0.2, 0.25) is 0 Å². The van der Waals surface area contributed by atoms with Gasteiger partial charge in [-0.2, -0.15) is 5.10 Å². The molecule has 0 spiro atoms. The van der Waals surface area contributed by atoms with Crippen molar-refractivity contribution in [3.8, 4) is 17.0 Å². The van der Waals surface area contributed by atoms with Crippen molar-refractivity contribution < 1.29 is 9.53 Å². The van der Waals surface area contributed by atoms with E-state index in [2.05, 4.69) is 53.8 Å². The molecule has 0 saturated carbocycles. The van der Waals surface area contributed by atoms with Crippen molar-refractivity contribution in [3.05, 3.63) is 66.1 Å². The summed E-state index contributed by atoms with van der Waals surface area (Å²) in [6.45, 7) is 8.45. The van der Waals surface area contributed by atoms with Crippen LogP contribution in [0, 0.1) is 5.92 Å². The predicted octanol–water partition coefficient (Wildman–Crippen LogP) is 5.14. The van der Waals surface area contributed by atoms with Crippen molar-refractivity contribution in [1.29, 1.82) is 0 Å². The molecule has 1 unspecified atom stereocenters. The van der Waals surface area contributed by atoms with Gasteiger partial charge in [0.05, 0.1) is 41.6 Å². The average molecular weight is 432 g/mol. The lowest BCUT2D eigenvalue weighted by Gasteiger charge is -2.25. The second kappa shape index (κ2) is 8.86. The van der Waals surface area contributed by atoms with Gasteiger partial charge in [-0.15, -0.1) is 0 Å². The summed E-state index contributed by atoms with van der Waals surface area (Å²) in [7, 11) is 1.63. The number of hydrogen-bond acceptors (Lipinski definition) is 4. The monoisotopic (exact) mass is 431 g/mol. The maximum absolute atomic E-state index is 13.4. The maximum atomic E-state index is 13.4. The summed E-state index contributed by atoms with van der Waals surface area (Å²) in [5, 5.41) is 10.3. The van der Waals surface area contributed by atoms with Gasteiger partial charge in [0.15, 0.2) is 0 Å². The summed E-state index contributed by atoms with van der Waals surface area (Å²) in [6.07, 6.45) is 1.57. The van der Waals surface area contributed by atoms with Crippen LogP contribution in [0.3, 0.4) is 0 Å². The molecule has 4 rings (SSSR count). The number of para-hydroxylation sites is 2. The molecule has 0 radical (unpaired) electrons. The molecule has 32 heavy (non-hydrogen) atoms. The van der Waals surface area contributed by atoms with E-state index in [0.717, 1.165) is 28.2 Å². The van der Waals surface area contributed by atoms with E-state index in [4.69, 9.17) is 9.72 Å². The van der Waals surface area contributed by atoms with Crippen LogP contribution in [-0.4, -0.2) is 32.8 Å². The number of nitrogens with one attached hydrogen (secondary N) is 2. The minimum atomic E-state index is -0.254. The van der Waals surface area contributed by atoms with Crippen LogP contribution in [0.2, 0.25) is 0 Å². The van der Waals surface area contributed by atoms with Gasteiger partial charge >= 0.3 is 0 Å². The molecule has 2 aromatic heterocycles. The fourth-order valence-corrected chi connectivity index (χ4v) is 4.01. The van der Waals surface area contributed by atoms with Crippen LogP contribution in [0.4, 0.5) is 0 Å². The SMILES string of the molecule is COc1ccc(-c2[nH]ncc2C(=O)NC(c2nc3ccccc3n2C(C)C)C(C)C)cc1. The Bertz CT molecular complexity index is 1220. The molecule has 2 heterocycles. The van der Waals surface area contributed by atoms with E-state index in [0.29, 0.717) is 11.3 Å². The van der Waals surface area contributed by atoms with Gasteiger partial charge in [0.25, 0.3) is 5.91 Å². The average Bonchev–Trinajstić information content (AvgIpc) is 3.42. The van der Waals surface area contributed by atoms with E-state index in [1.54, 1.807) is 13.3 Å². The smallest absolute Gasteiger partial charge is 0.255 e. The molecule has 0 bridgehead atoms. The van der Waals surface area contributed by atoms with Crippen molar-refractivity contribution >= 4 is 16.9 Å². The molecule has 1 atom stereocenters. The van der Waals surface area contributed by atoms with Crippen molar-refractivity contribution in [2.75, 3.05) is 7.11 Å². The Kier molecular flexibility index (Phi) is 5.99. The lowest BCUT2D eigenvalue weighted by atomic mass is 10.0. The second-order valence-electron chi connectivity index (χ2n) is 8.50. The molecule has 1 amide bonds. The minimum Gasteiger partial charge on any atom is -0.497 e. The first-order valence-electron chi connectivity index (χ1n) is 10.9. The number of aromatic amines is 1. The van der Waals surface area contributed by atoms with Crippen LogP contribution in [0.5, 0.6) is 5.75 Å². The number of amides is 1. The summed E-state index contributed by atoms with van der Waals surface area (Å²) < 4.78 is 7.44. The summed E-state index contributed by atoms with van der Waals surface area (Å²) in [4.78, 5) is 18.3. The number of ether oxygens (including phenoxy) is 1. The normalized spacial score (nSPS) is 12.5. The summed E-state index contributed by atoms with van der Waals surface area (Å²) in [5.74, 6) is 1.57. The highest BCUT2D eigenvalue weighted by Crippen LogP contribution is 2.30. The van der Waals surface area contributed by atoms with Gasteiger partial charge in [-0.05, 0) is 56.2 Å². The Morgan fingerprint density at radius 3 is 2.44 bits per heavy atom. The van der Waals surface area contributed by atoms with Crippen LogP contribution in [0.25, 0.3) is 22.3 Å². The molecule has 0 saturated heterocycles. The number of imidazole rings is 1. The number of benzene rings is 2. The van der Waals surface area contributed by atoms with Gasteiger partial charge in [-0.25, -0.2) is 4.98 Å². The zero-order valence-corrected chi connectivity index (χ0v) is 19.1. The standard InChI is InChI=1S/C25H29N5O2/c1-15(2)22(24-27-20-8-6-7-9-21(20)30(24)16(3)4)28-25(31)19-14-26-29-23(19)17-10-12-18(32-5)13-11-17/h6-16,22H,1-5H3,(H,26,29)(H,28,31). The van der Waals surface area contributed by atoms with Crippen LogP contribution in [-0.2, 0) is 0 Å². The number of fused-ring (bicyclic) bond motifs is 1. The lowest BCUT2D eigenvalue weighted by Crippen LogP contribution is -2.34. The Morgan fingerprint density at radius 2 is 1.78 bits per heavy atom. The van der Waals surface area contributed by atoms with Gasteiger partial charge in [0, 0.05) is 11.6 Å². The highest BCUT2D eigenvalue weighted by molar-refractivity contribution is 6.00. The molecule has 2 aromatic carbocycles. The number of carbonyl (C=O) groups excluding carboxylic acids is 1. The van der Waals surface area contributed by atoms with Crippen LogP contribution in [0.15, 0.2) is 54.7 Å². The molecule has 0 fully saturated rings. The second-order valence-corrected chi connectivity index (χ2v) is 8.50. The number of rotatable bonds is 7. The zero-order chi connectivity index (χ0) is 22.8. The molecule has 7 heteroatoms. The number of methoxy groups -OCH3 is 1. The number of nitrogens with zero attached hydrogens (tertiary/aromatic N) is 3. The molecule has 0 aliphatic rings. The molecule has 7 nitrogen and oxygen atoms in total. The fourth-order valence-electron chi connectivity index (χ4n) is 4.01. The van der Waals surface area contributed by atoms with Crippen molar-refractivity contribution in [1.82, 2.24) is 25.1 Å². The number of hydrogen-bond donors (Lipinski definition) is 2. The van der Waals surface area contributed by atoms with Crippen LogP contribution >= 0.6 is 0 Å². The zero-order valence-electron chi connectivity index (χ0n) is 19.1. The highest BCUT2D eigenvalue weighted by Gasteiger charge is 2.27. The molecule has 0 aliphatic heterocycles. The minimum absolute atomic E-state index is 0.143. The molecular weight excluding hydrogens is 402 g/mol.